The minimum Gasteiger partial charge on any atom is -0.487 e. The van der Waals surface area contributed by atoms with Crippen molar-refractivity contribution in [3.8, 4) is 17.1 Å². The molecule has 1 aromatic heterocycles. The molecule has 1 heterocycles. The zero-order valence-corrected chi connectivity index (χ0v) is 10.4. The third-order valence-corrected chi connectivity index (χ3v) is 3.49. The van der Waals surface area contributed by atoms with Crippen LogP contribution in [0.5, 0.6) is 5.75 Å². The van der Waals surface area contributed by atoms with Crippen LogP contribution in [0.3, 0.4) is 0 Å². The summed E-state index contributed by atoms with van der Waals surface area (Å²) >= 11 is 0. The maximum absolute atomic E-state index is 13.9. The highest BCUT2D eigenvalue weighted by molar-refractivity contribution is 5.59. The first-order valence-electron chi connectivity index (χ1n) is 6.40. The maximum atomic E-state index is 13.9. The van der Waals surface area contributed by atoms with Crippen molar-refractivity contribution in [2.45, 2.75) is 19.3 Å². The van der Waals surface area contributed by atoms with Gasteiger partial charge in [-0.25, -0.2) is 8.78 Å². The molecule has 0 atom stereocenters. The molecule has 19 heavy (non-hydrogen) atoms. The van der Waals surface area contributed by atoms with Gasteiger partial charge in [0.2, 0.25) is 0 Å². The van der Waals surface area contributed by atoms with E-state index in [1.165, 1.54) is 24.8 Å². The molecule has 1 aromatic carbocycles. The van der Waals surface area contributed by atoms with Crippen LogP contribution in [0, 0.1) is 17.6 Å². The Morgan fingerprint density at radius 3 is 2.47 bits per heavy atom. The Balaban J connectivity index is 1.81. The Morgan fingerprint density at radius 1 is 1.21 bits per heavy atom. The largest absolute Gasteiger partial charge is 0.487 e. The first kappa shape index (κ1) is 12.2. The lowest BCUT2D eigenvalue weighted by atomic mass is 9.86. The van der Waals surface area contributed by atoms with Crippen molar-refractivity contribution in [3.05, 3.63) is 42.2 Å². The SMILES string of the molecule is Fc1cc(-c2ccco2)cc(F)c1OCC1CCC1. The second-order valence-corrected chi connectivity index (χ2v) is 4.85. The molecule has 0 radical (unpaired) electrons. The standard InChI is InChI=1S/C15H14F2O2/c16-12-7-11(14-5-2-6-18-14)8-13(17)15(12)19-9-10-3-1-4-10/h2,5-8,10H,1,3-4,9H2. The van der Waals surface area contributed by atoms with Crippen LogP contribution < -0.4 is 4.74 Å². The minimum absolute atomic E-state index is 0.290. The average molecular weight is 264 g/mol. The molecule has 0 amide bonds. The van der Waals surface area contributed by atoms with Crippen LogP contribution in [0.4, 0.5) is 8.78 Å². The summed E-state index contributed by atoms with van der Waals surface area (Å²) in [7, 11) is 0. The minimum atomic E-state index is -0.689. The van der Waals surface area contributed by atoms with Gasteiger partial charge in [-0.05, 0) is 43.0 Å². The number of hydrogen-bond donors (Lipinski definition) is 0. The molecule has 0 saturated heterocycles. The molecule has 3 rings (SSSR count). The molecule has 0 N–H and O–H groups in total. The predicted molar refractivity (Wildman–Crippen MR) is 66.9 cm³/mol. The van der Waals surface area contributed by atoms with Crippen LogP contribution in [0.25, 0.3) is 11.3 Å². The molecule has 0 bridgehead atoms. The van der Waals surface area contributed by atoms with E-state index in [1.807, 2.05) is 0 Å². The van der Waals surface area contributed by atoms with Gasteiger partial charge in [-0.2, -0.15) is 0 Å². The van der Waals surface area contributed by atoms with Gasteiger partial charge in [0.1, 0.15) is 5.76 Å². The Morgan fingerprint density at radius 2 is 1.95 bits per heavy atom. The molecule has 0 spiro atoms. The van der Waals surface area contributed by atoms with Crippen molar-refractivity contribution in [2.75, 3.05) is 6.61 Å². The molecule has 0 unspecified atom stereocenters. The summed E-state index contributed by atoms with van der Waals surface area (Å²) in [6.45, 7) is 0.383. The number of benzene rings is 1. The van der Waals surface area contributed by atoms with Gasteiger partial charge in [-0.15, -0.1) is 0 Å². The van der Waals surface area contributed by atoms with E-state index < -0.39 is 11.6 Å². The van der Waals surface area contributed by atoms with Gasteiger partial charge in [0.05, 0.1) is 12.9 Å². The quantitative estimate of drug-likeness (QED) is 0.816. The second kappa shape index (κ2) is 5.03. The van der Waals surface area contributed by atoms with Crippen LogP contribution in [-0.4, -0.2) is 6.61 Å². The Kier molecular flexibility index (Phi) is 3.23. The lowest BCUT2D eigenvalue weighted by molar-refractivity contribution is 0.170. The maximum Gasteiger partial charge on any atom is 0.190 e. The molecule has 2 nitrogen and oxygen atoms in total. The molecule has 1 fully saturated rings. The van der Waals surface area contributed by atoms with Crippen molar-refractivity contribution < 1.29 is 17.9 Å². The highest BCUT2D eigenvalue weighted by atomic mass is 19.1. The van der Waals surface area contributed by atoms with Crippen LogP contribution in [-0.2, 0) is 0 Å². The Hall–Kier alpha value is -1.84. The number of hydrogen-bond acceptors (Lipinski definition) is 2. The van der Waals surface area contributed by atoms with E-state index in [0.29, 0.717) is 23.8 Å². The Bertz CT molecular complexity index is 537. The van der Waals surface area contributed by atoms with E-state index in [2.05, 4.69) is 0 Å². The summed E-state index contributed by atoms with van der Waals surface area (Å²) in [4.78, 5) is 0. The van der Waals surface area contributed by atoms with Crippen molar-refractivity contribution in [1.82, 2.24) is 0 Å². The summed E-state index contributed by atoms with van der Waals surface area (Å²) in [6, 6.07) is 5.80. The van der Waals surface area contributed by atoms with E-state index in [0.717, 1.165) is 12.8 Å². The smallest absolute Gasteiger partial charge is 0.190 e. The number of ether oxygens (including phenoxy) is 1. The topological polar surface area (TPSA) is 22.4 Å². The summed E-state index contributed by atoms with van der Waals surface area (Å²) in [5, 5.41) is 0. The molecular weight excluding hydrogens is 250 g/mol. The second-order valence-electron chi connectivity index (χ2n) is 4.85. The van der Waals surface area contributed by atoms with Crippen molar-refractivity contribution in [3.63, 3.8) is 0 Å². The van der Waals surface area contributed by atoms with Crippen LogP contribution in [0.2, 0.25) is 0 Å². The highest BCUT2D eigenvalue weighted by Crippen LogP contribution is 2.31. The molecule has 0 aliphatic heterocycles. The predicted octanol–water partition coefficient (Wildman–Crippen LogP) is 4.40. The van der Waals surface area contributed by atoms with Gasteiger partial charge in [0, 0.05) is 5.56 Å². The molecule has 2 aromatic rings. The normalized spacial score (nSPS) is 15.3. The van der Waals surface area contributed by atoms with E-state index in [9.17, 15) is 8.78 Å². The Labute approximate surface area is 110 Å². The van der Waals surface area contributed by atoms with Crippen molar-refractivity contribution in [2.24, 2.45) is 5.92 Å². The first-order valence-corrected chi connectivity index (χ1v) is 6.40. The van der Waals surface area contributed by atoms with Gasteiger partial charge < -0.3 is 9.15 Å². The summed E-state index contributed by atoms with van der Waals surface area (Å²) in [5.41, 5.74) is 0.371. The summed E-state index contributed by atoms with van der Waals surface area (Å²) < 4.78 is 38.1. The fourth-order valence-corrected chi connectivity index (χ4v) is 2.14. The fourth-order valence-electron chi connectivity index (χ4n) is 2.14. The molecule has 1 aliphatic carbocycles. The molecule has 100 valence electrons. The summed E-state index contributed by atoms with van der Waals surface area (Å²) in [6.07, 6.45) is 4.80. The monoisotopic (exact) mass is 264 g/mol. The first-order chi connectivity index (χ1) is 9.24. The number of halogens is 2. The van der Waals surface area contributed by atoms with Gasteiger partial charge in [0.15, 0.2) is 17.4 Å². The lowest BCUT2D eigenvalue weighted by Gasteiger charge is -2.25. The molecule has 1 saturated carbocycles. The van der Waals surface area contributed by atoms with E-state index in [1.54, 1.807) is 12.1 Å². The van der Waals surface area contributed by atoms with Crippen LogP contribution in [0.1, 0.15) is 19.3 Å². The zero-order valence-electron chi connectivity index (χ0n) is 10.4. The third kappa shape index (κ3) is 2.48. The molecular formula is C15H14F2O2. The molecule has 1 aliphatic rings. The van der Waals surface area contributed by atoms with Crippen molar-refractivity contribution >= 4 is 0 Å². The number of furan rings is 1. The third-order valence-electron chi connectivity index (χ3n) is 3.49. The fraction of sp³-hybridized carbons (Fsp3) is 0.333. The van der Waals surface area contributed by atoms with Gasteiger partial charge in [-0.1, -0.05) is 6.42 Å². The zero-order chi connectivity index (χ0) is 13.2. The lowest BCUT2D eigenvalue weighted by Crippen LogP contribution is -2.20. The number of rotatable bonds is 4. The van der Waals surface area contributed by atoms with Crippen molar-refractivity contribution in [1.29, 1.82) is 0 Å². The van der Waals surface area contributed by atoms with Gasteiger partial charge >= 0.3 is 0 Å². The average Bonchev–Trinajstić information content (AvgIpc) is 2.83. The van der Waals surface area contributed by atoms with Gasteiger partial charge in [0.25, 0.3) is 0 Å². The van der Waals surface area contributed by atoms with E-state index >= 15 is 0 Å². The van der Waals surface area contributed by atoms with Crippen LogP contribution >= 0.6 is 0 Å². The van der Waals surface area contributed by atoms with E-state index in [-0.39, 0.29) is 5.75 Å². The van der Waals surface area contributed by atoms with E-state index in [4.69, 9.17) is 9.15 Å². The summed E-state index contributed by atoms with van der Waals surface area (Å²) in [5.74, 6) is -0.800. The van der Waals surface area contributed by atoms with Gasteiger partial charge in [-0.3, -0.25) is 0 Å². The van der Waals surface area contributed by atoms with Crippen LogP contribution in [0.15, 0.2) is 34.9 Å². The molecule has 4 heteroatoms. The highest BCUT2D eigenvalue weighted by Gasteiger charge is 2.20.